The molecule has 2 heterocycles. The average Bonchev–Trinajstić information content (AvgIpc) is 2.65. The van der Waals surface area contributed by atoms with Gasteiger partial charge >= 0.3 is 5.97 Å². The van der Waals surface area contributed by atoms with E-state index in [1.54, 1.807) is 6.07 Å². The Bertz CT molecular complexity index is 520. The van der Waals surface area contributed by atoms with Crippen molar-refractivity contribution in [2.75, 3.05) is 0 Å². The van der Waals surface area contributed by atoms with Crippen LogP contribution in [-0.2, 0) is 10.2 Å². The minimum atomic E-state index is -0.886. The molecule has 2 aromatic rings. The van der Waals surface area contributed by atoms with Crippen LogP contribution in [0.3, 0.4) is 0 Å². The molecule has 5 nitrogen and oxygen atoms in total. The number of carbonyl (C=O) groups is 1. The maximum absolute atomic E-state index is 11.2. The minimum absolute atomic E-state index is 0.432. The lowest BCUT2D eigenvalue weighted by Crippen LogP contribution is -2.42. The molecule has 78 valence electrons. The summed E-state index contributed by atoms with van der Waals surface area (Å²) >= 11 is 0. The van der Waals surface area contributed by atoms with E-state index in [9.17, 15) is 9.90 Å². The van der Waals surface area contributed by atoms with Gasteiger partial charge in [0.15, 0.2) is 5.58 Å². The lowest BCUT2D eigenvalue weighted by molar-refractivity contribution is -0.147. The highest BCUT2D eigenvalue weighted by Crippen LogP contribution is 2.45. The molecule has 0 spiro atoms. The van der Waals surface area contributed by atoms with E-state index >= 15 is 0 Å². The van der Waals surface area contributed by atoms with Gasteiger partial charge in [0.1, 0.15) is 11.1 Å². The number of hydrogen-bond acceptors (Lipinski definition) is 4. The van der Waals surface area contributed by atoms with Crippen molar-refractivity contribution in [1.82, 2.24) is 5.16 Å². The van der Waals surface area contributed by atoms with Crippen LogP contribution in [-0.4, -0.2) is 16.2 Å². The van der Waals surface area contributed by atoms with Gasteiger partial charge in [0.05, 0.1) is 6.26 Å². The van der Waals surface area contributed by atoms with Gasteiger partial charge in [-0.3, -0.25) is 4.79 Å². The van der Waals surface area contributed by atoms with Crippen molar-refractivity contribution in [3.8, 4) is 0 Å². The fraction of sp³-hybridized carbons (Fsp3) is 0.400. The summed E-state index contributed by atoms with van der Waals surface area (Å²) in [5.41, 5.74) is 0.527. The Morgan fingerprint density at radius 2 is 2.33 bits per heavy atom. The Hall–Kier alpha value is -1.78. The molecule has 5 heteroatoms. The maximum Gasteiger partial charge on any atom is 0.316 e. The first kappa shape index (κ1) is 8.52. The molecule has 0 aromatic carbocycles. The fourth-order valence-corrected chi connectivity index (χ4v) is 2.07. The molecule has 0 atom stereocenters. The topological polar surface area (TPSA) is 76.5 Å². The summed E-state index contributed by atoms with van der Waals surface area (Å²) in [5, 5.41) is 13.1. The van der Waals surface area contributed by atoms with Crippen molar-refractivity contribution >= 4 is 17.1 Å². The second kappa shape index (κ2) is 2.62. The SMILES string of the molecule is O=C(O)C1(c2noc3ccoc23)CCC1. The average molecular weight is 207 g/mol. The third kappa shape index (κ3) is 0.921. The van der Waals surface area contributed by atoms with Crippen molar-refractivity contribution in [2.45, 2.75) is 24.7 Å². The third-order valence-electron chi connectivity index (χ3n) is 3.15. The van der Waals surface area contributed by atoms with Crippen molar-refractivity contribution < 1.29 is 18.8 Å². The number of rotatable bonds is 2. The highest BCUT2D eigenvalue weighted by molar-refractivity contribution is 5.87. The molecule has 2 aromatic heterocycles. The van der Waals surface area contributed by atoms with Crippen LogP contribution in [0.25, 0.3) is 11.2 Å². The standard InChI is InChI=1S/C10H9NO4/c12-9(13)10(3-1-4-10)8-7-6(15-11-8)2-5-14-7/h2,5H,1,3-4H2,(H,12,13). The zero-order valence-electron chi connectivity index (χ0n) is 7.90. The summed E-state index contributed by atoms with van der Waals surface area (Å²) in [4.78, 5) is 11.2. The molecule has 0 bridgehead atoms. The summed E-state index contributed by atoms with van der Waals surface area (Å²) in [7, 11) is 0. The largest absolute Gasteiger partial charge is 0.481 e. The molecule has 1 saturated carbocycles. The van der Waals surface area contributed by atoms with Gasteiger partial charge in [0.25, 0.3) is 0 Å². The lowest BCUT2D eigenvalue weighted by atomic mass is 9.66. The first-order valence-electron chi connectivity index (χ1n) is 4.81. The van der Waals surface area contributed by atoms with E-state index in [2.05, 4.69) is 5.16 Å². The Labute approximate surface area is 84.6 Å². The van der Waals surface area contributed by atoms with Crippen molar-refractivity contribution in [3.63, 3.8) is 0 Å². The van der Waals surface area contributed by atoms with Gasteiger partial charge in [-0.15, -0.1) is 0 Å². The number of nitrogens with zero attached hydrogens (tertiary/aromatic N) is 1. The summed E-state index contributed by atoms with van der Waals surface area (Å²) < 4.78 is 10.2. The lowest BCUT2D eigenvalue weighted by Gasteiger charge is -2.35. The number of aromatic nitrogens is 1. The monoisotopic (exact) mass is 207 g/mol. The predicted molar refractivity (Wildman–Crippen MR) is 49.4 cm³/mol. The van der Waals surface area contributed by atoms with Crippen LogP contribution >= 0.6 is 0 Å². The van der Waals surface area contributed by atoms with Gasteiger partial charge in [0.2, 0.25) is 5.58 Å². The van der Waals surface area contributed by atoms with Crippen LogP contribution in [0.1, 0.15) is 25.0 Å². The predicted octanol–water partition coefficient (Wildman–Crippen LogP) is 1.93. The van der Waals surface area contributed by atoms with Crippen LogP contribution in [0.15, 0.2) is 21.3 Å². The van der Waals surface area contributed by atoms with E-state index in [0.717, 1.165) is 6.42 Å². The van der Waals surface area contributed by atoms with Gasteiger partial charge in [-0.2, -0.15) is 0 Å². The van der Waals surface area contributed by atoms with E-state index in [1.165, 1.54) is 6.26 Å². The van der Waals surface area contributed by atoms with Gasteiger partial charge in [-0.05, 0) is 12.8 Å². The Balaban J connectivity index is 2.20. The molecule has 15 heavy (non-hydrogen) atoms. The Morgan fingerprint density at radius 3 is 2.93 bits per heavy atom. The Morgan fingerprint density at radius 1 is 1.53 bits per heavy atom. The fourth-order valence-electron chi connectivity index (χ4n) is 2.07. The normalized spacial score (nSPS) is 18.9. The number of furan rings is 1. The smallest absolute Gasteiger partial charge is 0.316 e. The highest BCUT2D eigenvalue weighted by atomic mass is 16.5. The van der Waals surface area contributed by atoms with Crippen LogP contribution < -0.4 is 0 Å². The van der Waals surface area contributed by atoms with Crippen molar-refractivity contribution in [2.24, 2.45) is 0 Å². The summed E-state index contributed by atoms with van der Waals surface area (Å²) in [5.74, 6) is -0.847. The highest BCUT2D eigenvalue weighted by Gasteiger charge is 2.50. The second-order valence-corrected chi connectivity index (χ2v) is 3.89. The maximum atomic E-state index is 11.2. The molecular formula is C10H9NO4. The van der Waals surface area contributed by atoms with Gasteiger partial charge in [-0.1, -0.05) is 11.6 Å². The van der Waals surface area contributed by atoms with E-state index < -0.39 is 11.4 Å². The van der Waals surface area contributed by atoms with Crippen LogP contribution in [0, 0.1) is 0 Å². The first-order chi connectivity index (χ1) is 7.24. The Kier molecular flexibility index (Phi) is 1.49. The zero-order chi connectivity index (χ0) is 10.5. The summed E-state index contributed by atoms with van der Waals surface area (Å²) in [6.45, 7) is 0. The number of carboxylic acid groups (broad SMARTS) is 1. The first-order valence-corrected chi connectivity index (χ1v) is 4.81. The second-order valence-electron chi connectivity index (χ2n) is 3.89. The zero-order valence-corrected chi connectivity index (χ0v) is 7.90. The number of hydrogen-bond donors (Lipinski definition) is 1. The summed E-state index contributed by atoms with van der Waals surface area (Å²) in [6.07, 6.45) is 3.59. The van der Waals surface area contributed by atoms with Gasteiger partial charge in [-0.25, -0.2) is 0 Å². The summed E-state index contributed by atoms with van der Waals surface area (Å²) in [6, 6.07) is 1.64. The van der Waals surface area contributed by atoms with E-state index in [0.29, 0.717) is 29.7 Å². The van der Waals surface area contributed by atoms with Crippen LogP contribution in [0.2, 0.25) is 0 Å². The van der Waals surface area contributed by atoms with E-state index in [1.807, 2.05) is 0 Å². The number of carboxylic acids is 1. The molecule has 0 amide bonds. The molecule has 1 aliphatic rings. The van der Waals surface area contributed by atoms with E-state index in [4.69, 9.17) is 8.94 Å². The molecule has 0 radical (unpaired) electrons. The van der Waals surface area contributed by atoms with Crippen molar-refractivity contribution in [3.05, 3.63) is 18.0 Å². The molecule has 3 rings (SSSR count). The van der Waals surface area contributed by atoms with Gasteiger partial charge in [0, 0.05) is 6.07 Å². The van der Waals surface area contributed by atoms with Gasteiger partial charge < -0.3 is 14.0 Å². The number of aliphatic carboxylic acids is 1. The quantitative estimate of drug-likeness (QED) is 0.814. The minimum Gasteiger partial charge on any atom is -0.481 e. The molecule has 1 aliphatic carbocycles. The van der Waals surface area contributed by atoms with Crippen LogP contribution in [0.5, 0.6) is 0 Å². The molecule has 0 saturated heterocycles. The molecule has 1 N–H and O–H groups in total. The van der Waals surface area contributed by atoms with Crippen molar-refractivity contribution in [1.29, 1.82) is 0 Å². The van der Waals surface area contributed by atoms with Crippen LogP contribution in [0.4, 0.5) is 0 Å². The molecule has 0 unspecified atom stereocenters. The molecule has 1 fully saturated rings. The number of fused-ring (bicyclic) bond motifs is 1. The molecule has 0 aliphatic heterocycles. The van der Waals surface area contributed by atoms with E-state index in [-0.39, 0.29) is 0 Å². The molecular weight excluding hydrogens is 198 g/mol. The third-order valence-corrected chi connectivity index (χ3v) is 3.15.